The van der Waals surface area contributed by atoms with Gasteiger partial charge in [0.15, 0.2) is 0 Å². The lowest BCUT2D eigenvalue weighted by Gasteiger charge is -2.36. The molecular formula is C43H31FN4S. The number of halogens is 1. The maximum atomic E-state index is 13.9. The monoisotopic (exact) mass is 654 g/mol. The molecule has 0 spiro atoms. The molecule has 0 fully saturated rings. The van der Waals surface area contributed by atoms with Crippen LogP contribution in [0.4, 0.5) is 4.39 Å². The second kappa shape index (κ2) is 13.0. The number of hydrogen-bond acceptors (Lipinski definition) is 4. The Balaban J connectivity index is 1.43. The molecule has 2 heterocycles. The van der Waals surface area contributed by atoms with Crippen molar-refractivity contribution in [2.75, 3.05) is 6.26 Å². The first-order valence-electron chi connectivity index (χ1n) is 16.1. The Labute approximate surface area is 289 Å². The van der Waals surface area contributed by atoms with E-state index in [-0.39, 0.29) is 5.82 Å². The molecule has 8 aromatic rings. The summed E-state index contributed by atoms with van der Waals surface area (Å²) in [6, 6.07) is 53.0. The molecular weight excluding hydrogens is 624 g/mol. The van der Waals surface area contributed by atoms with E-state index in [4.69, 9.17) is 5.10 Å². The van der Waals surface area contributed by atoms with Crippen molar-refractivity contribution in [3.8, 4) is 33.6 Å². The predicted molar refractivity (Wildman–Crippen MR) is 198 cm³/mol. The molecule has 0 aliphatic rings. The molecule has 236 valence electrons. The number of rotatable bonds is 8. The van der Waals surface area contributed by atoms with Crippen molar-refractivity contribution < 1.29 is 4.39 Å². The first kappa shape index (κ1) is 30.5. The van der Waals surface area contributed by atoms with Crippen LogP contribution in [0.15, 0.2) is 175 Å². The van der Waals surface area contributed by atoms with Crippen LogP contribution >= 0.6 is 11.8 Å². The van der Waals surface area contributed by atoms with Gasteiger partial charge in [0.05, 0.1) is 11.2 Å². The summed E-state index contributed by atoms with van der Waals surface area (Å²) < 4.78 is 16.0. The minimum absolute atomic E-state index is 0.286. The topological polar surface area (TPSA) is 43.6 Å². The molecule has 0 aliphatic heterocycles. The smallest absolute Gasteiger partial charge is 0.138 e. The van der Waals surface area contributed by atoms with Crippen LogP contribution < -0.4 is 0 Å². The van der Waals surface area contributed by atoms with Gasteiger partial charge >= 0.3 is 0 Å². The van der Waals surface area contributed by atoms with Gasteiger partial charge in [-0.1, -0.05) is 109 Å². The third-order valence-electron chi connectivity index (χ3n) is 9.06. The molecule has 0 amide bonds. The largest absolute Gasteiger partial charge is 0.252 e. The molecule has 0 saturated carbocycles. The van der Waals surface area contributed by atoms with E-state index in [2.05, 4.69) is 136 Å². The van der Waals surface area contributed by atoms with Crippen molar-refractivity contribution in [1.82, 2.24) is 19.7 Å². The van der Waals surface area contributed by atoms with E-state index in [1.54, 1.807) is 30.2 Å². The highest BCUT2D eigenvalue weighted by molar-refractivity contribution is 7.98. The van der Waals surface area contributed by atoms with Crippen LogP contribution in [0, 0.1) is 5.82 Å². The summed E-state index contributed by atoms with van der Waals surface area (Å²) in [6.07, 6.45) is 5.82. The number of nitrogens with zero attached hydrogens (tertiary/aromatic N) is 4. The fourth-order valence-electron chi connectivity index (χ4n) is 6.72. The minimum atomic E-state index is -0.783. The van der Waals surface area contributed by atoms with Crippen LogP contribution in [0.2, 0.25) is 0 Å². The lowest BCUT2D eigenvalue weighted by atomic mass is 9.77. The molecule has 6 heteroatoms. The highest BCUT2D eigenvalue weighted by Gasteiger charge is 2.40. The SMILES string of the molecule is CSc1ccc(-c2nn(C(c3ccccc3)(c3ccccc3)c3ccccc3)cc2-c2ccc3ncnc(-c4ccc(F)cc4)c3c2)cc1. The van der Waals surface area contributed by atoms with Crippen molar-refractivity contribution in [2.24, 2.45) is 0 Å². The fourth-order valence-corrected chi connectivity index (χ4v) is 7.12. The van der Waals surface area contributed by atoms with Crippen molar-refractivity contribution in [2.45, 2.75) is 10.4 Å². The van der Waals surface area contributed by atoms with E-state index in [0.29, 0.717) is 0 Å². The van der Waals surface area contributed by atoms with E-state index in [1.165, 1.54) is 17.0 Å². The normalized spacial score (nSPS) is 11.6. The molecule has 0 atom stereocenters. The van der Waals surface area contributed by atoms with E-state index in [9.17, 15) is 4.39 Å². The van der Waals surface area contributed by atoms with Crippen LogP contribution in [0.25, 0.3) is 44.5 Å². The summed E-state index contributed by atoms with van der Waals surface area (Å²) >= 11 is 1.71. The molecule has 0 unspecified atom stereocenters. The zero-order chi connectivity index (χ0) is 33.2. The van der Waals surface area contributed by atoms with Crippen molar-refractivity contribution in [3.63, 3.8) is 0 Å². The molecule has 6 aromatic carbocycles. The Bertz CT molecular complexity index is 2260. The summed E-state index contributed by atoms with van der Waals surface area (Å²) in [5.41, 5.74) is 8.70. The van der Waals surface area contributed by atoms with Crippen molar-refractivity contribution >= 4 is 22.7 Å². The van der Waals surface area contributed by atoms with Gasteiger partial charge in [-0.15, -0.1) is 11.8 Å². The molecule has 0 radical (unpaired) electrons. The van der Waals surface area contributed by atoms with Gasteiger partial charge in [-0.2, -0.15) is 5.10 Å². The maximum Gasteiger partial charge on any atom is 0.138 e. The van der Waals surface area contributed by atoms with Gasteiger partial charge < -0.3 is 0 Å². The van der Waals surface area contributed by atoms with Gasteiger partial charge in [0, 0.05) is 33.2 Å². The summed E-state index contributed by atoms with van der Waals surface area (Å²) in [5, 5.41) is 6.40. The molecule has 49 heavy (non-hydrogen) atoms. The average Bonchev–Trinajstić information content (AvgIpc) is 3.62. The van der Waals surface area contributed by atoms with E-state index in [0.717, 1.165) is 61.2 Å². The molecule has 8 rings (SSSR count). The van der Waals surface area contributed by atoms with Crippen LogP contribution in [0.5, 0.6) is 0 Å². The third kappa shape index (κ3) is 5.50. The Morgan fingerprint density at radius 2 is 1.10 bits per heavy atom. The lowest BCUT2D eigenvalue weighted by molar-refractivity contribution is 0.461. The summed E-state index contributed by atoms with van der Waals surface area (Å²) in [4.78, 5) is 10.4. The Kier molecular flexibility index (Phi) is 8.08. The molecule has 0 aliphatic carbocycles. The molecule has 4 nitrogen and oxygen atoms in total. The molecule has 0 saturated heterocycles. The van der Waals surface area contributed by atoms with Crippen molar-refractivity contribution in [1.29, 1.82) is 0 Å². The second-order valence-electron chi connectivity index (χ2n) is 11.8. The van der Waals surface area contributed by atoms with Gasteiger partial charge in [-0.3, -0.25) is 4.68 Å². The second-order valence-corrected chi connectivity index (χ2v) is 12.7. The Morgan fingerprint density at radius 1 is 0.571 bits per heavy atom. The quantitative estimate of drug-likeness (QED) is 0.121. The molecule has 2 aromatic heterocycles. The standard InChI is InChI=1S/C43H31FN4S/c1-49-37-24-19-31(20-25-37)42-39(32-21-26-40-38(27-32)41(46-29-45-40)30-17-22-36(44)23-18-30)28-48(47-42)43(33-11-5-2-6-12-33,34-13-7-3-8-14-34)35-15-9-4-10-16-35/h2-29H,1H3. The zero-order valence-corrected chi connectivity index (χ0v) is 27.6. The van der Waals surface area contributed by atoms with Gasteiger partial charge in [0.25, 0.3) is 0 Å². The summed E-state index contributed by atoms with van der Waals surface area (Å²) in [7, 11) is 0. The summed E-state index contributed by atoms with van der Waals surface area (Å²) in [5.74, 6) is -0.286. The predicted octanol–water partition coefficient (Wildman–Crippen LogP) is 10.5. The Hall–Kier alpha value is -5.85. The minimum Gasteiger partial charge on any atom is -0.252 e. The Morgan fingerprint density at radius 3 is 1.67 bits per heavy atom. The first-order valence-corrected chi connectivity index (χ1v) is 17.3. The van der Waals surface area contributed by atoms with Gasteiger partial charge in [0.2, 0.25) is 0 Å². The maximum absolute atomic E-state index is 13.9. The van der Waals surface area contributed by atoms with Gasteiger partial charge in [-0.25, -0.2) is 14.4 Å². The first-order chi connectivity index (χ1) is 24.1. The highest BCUT2D eigenvalue weighted by atomic mass is 32.2. The number of thioether (sulfide) groups is 1. The van der Waals surface area contributed by atoms with Crippen molar-refractivity contribution in [3.05, 3.63) is 193 Å². The van der Waals surface area contributed by atoms with E-state index < -0.39 is 5.54 Å². The van der Waals surface area contributed by atoms with E-state index >= 15 is 0 Å². The third-order valence-corrected chi connectivity index (χ3v) is 9.80. The van der Waals surface area contributed by atoms with Crippen LogP contribution in [0.1, 0.15) is 16.7 Å². The van der Waals surface area contributed by atoms with Crippen LogP contribution in [0.3, 0.4) is 0 Å². The zero-order valence-electron chi connectivity index (χ0n) is 26.7. The van der Waals surface area contributed by atoms with Crippen LogP contribution in [-0.4, -0.2) is 26.0 Å². The number of aromatic nitrogens is 4. The molecule has 0 bridgehead atoms. The lowest BCUT2D eigenvalue weighted by Crippen LogP contribution is -2.38. The average molecular weight is 655 g/mol. The highest BCUT2D eigenvalue weighted by Crippen LogP contribution is 2.44. The number of hydrogen-bond donors (Lipinski definition) is 0. The molecule has 0 N–H and O–H groups in total. The fraction of sp³-hybridized carbons (Fsp3) is 0.0465. The summed E-state index contributed by atoms with van der Waals surface area (Å²) in [6.45, 7) is 0. The van der Waals surface area contributed by atoms with Gasteiger partial charge in [0.1, 0.15) is 23.4 Å². The van der Waals surface area contributed by atoms with Crippen LogP contribution in [-0.2, 0) is 5.54 Å². The number of fused-ring (bicyclic) bond motifs is 1. The number of benzene rings is 6. The van der Waals surface area contributed by atoms with Gasteiger partial charge in [-0.05, 0) is 77.0 Å². The van der Waals surface area contributed by atoms with E-state index in [1.807, 2.05) is 24.3 Å².